The highest BCUT2D eigenvalue weighted by Crippen LogP contribution is 2.07. The standard InChI is InChI=1S/C15H25NO2/c1-2-3-12-17-13-7-10-16-11-14-18-15-8-5-4-6-9-15/h4-6,8-9,16H,2-3,7,10-14H2,1H3. The Hall–Kier alpha value is -1.06. The Bertz CT molecular complexity index is 277. The molecule has 0 aliphatic rings. The average molecular weight is 251 g/mol. The van der Waals surface area contributed by atoms with Crippen LogP contribution in [0.25, 0.3) is 0 Å². The summed E-state index contributed by atoms with van der Waals surface area (Å²) in [5.74, 6) is 0.933. The zero-order valence-corrected chi connectivity index (χ0v) is 11.4. The van der Waals surface area contributed by atoms with Crippen molar-refractivity contribution in [1.82, 2.24) is 5.32 Å². The monoisotopic (exact) mass is 251 g/mol. The molecule has 3 nitrogen and oxygen atoms in total. The Morgan fingerprint density at radius 3 is 2.50 bits per heavy atom. The lowest BCUT2D eigenvalue weighted by Gasteiger charge is -2.07. The van der Waals surface area contributed by atoms with Crippen LogP contribution in [0.15, 0.2) is 30.3 Å². The molecule has 0 atom stereocenters. The summed E-state index contributed by atoms with van der Waals surface area (Å²) in [4.78, 5) is 0. The Morgan fingerprint density at radius 1 is 0.944 bits per heavy atom. The van der Waals surface area contributed by atoms with Gasteiger partial charge in [0.25, 0.3) is 0 Å². The lowest BCUT2D eigenvalue weighted by molar-refractivity contribution is 0.128. The van der Waals surface area contributed by atoms with E-state index in [1.807, 2.05) is 30.3 Å². The van der Waals surface area contributed by atoms with E-state index in [0.717, 1.165) is 38.5 Å². The van der Waals surface area contributed by atoms with E-state index < -0.39 is 0 Å². The van der Waals surface area contributed by atoms with Crippen molar-refractivity contribution in [2.24, 2.45) is 0 Å². The van der Waals surface area contributed by atoms with E-state index >= 15 is 0 Å². The van der Waals surface area contributed by atoms with Crippen molar-refractivity contribution in [2.45, 2.75) is 26.2 Å². The third-order valence-electron chi connectivity index (χ3n) is 2.58. The molecule has 1 aromatic carbocycles. The minimum atomic E-state index is 0.709. The van der Waals surface area contributed by atoms with E-state index in [1.165, 1.54) is 12.8 Å². The van der Waals surface area contributed by atoms with E-state index in [1.54, 1.807) is 0 Å². The molecule has 0 spiro atoms. The van der Waals surface area contributed by atoms with Crippen molar-refractivity contribution in [1.29, 1.82) is 0 Å². The number of hydrogen-bond donors (Lipinski definition) is 1. The maximum Gasteiger partial charge on any atom is 0.119 e. The number of rotatable bonds is 11. The predicted octanol–water partition coefficient (Wildman–Crippen LogP) is 2.86. The second-order valence-electron chi connectivity index (χ2n) is 4.23. The maximum atomic E-state index is 5.57. The molecular formula is C15H25NO2. The Morgan fingerprint density at radius 2 is 1.72 bits per heavy atom. The molecule has 3 heteroatoms. The summed E-state index contributed by atoms with van der Waals surface area (Å²) in [6.07, 6.45) is 3.43. The van der Waals surface area contributed by atoms with Crippen molar-refractivity contribution in [3.63, 3.8) is 0 Å². The van der Waals surface area contributed by atoms with Gasteiger partial charge in [-0.15, -0.1) is 0 Å². The third-order valence-corrected chi connectivity index (χ3v) is 2.58. The first kappa shape index (κ1) is 15.0. The summed E-state index contributed by atoms with van der Waals surface area (Å²) in [5, 5.41) is 3.34. The van der Waals surface area contributed by atoms with Crippen LogP contribution in [0.3, 0.4) is 0 Å². The molecular weight excluding hydrogens is 226 g/mol. The molecule has 0 fully saturated rings. The lowest BCUT2D eigenvalue weighted by atomic mass is 10.3. The molecule has 0 heterocycles. The fourth-order valence-corrected chi connectivity index (χ4v) is 1.53. The highest BCUT2D eigenvalue weighted by molar-refractivity contribution is 5.20. The normalized spacial score (nSPS) is 10.5. The minimum Gasteiger partial charge on any atom is -0.492 e. The smallest absolute Gasteiger partial charge is 0.119 e. The van der Waals surface area contributed by atoms with E-state index in [9.17, 15) is 0 Å². The number of hydrogen-bond acceptors (Lipinski definition) is 3. The summed E-state index contributed by atoms with van der Waals surface area (Å²) < 4.78 is 11.1. The van der Waals surface area contributed by atoms with Crippen molar-refractivity contribution < 1.29 is 9.47 Å². The molecule has 1 N–H and O–H groups in total. The van der Waals surface area contributed by atoms with Gasteiger partial charge < -0.3 is 14.8 Å². The molecule has 1 rings (SSSR count). The Labute approximate surface area is 110 Å². The molecule has 1 aromatic rings. The topological polar surface area (TPSA) is 30.5 Å². The number of ether oxygens (including phenoxy) is 2. The van der Waals surface area contributed by atoms with Gasteiger partial charge in [-0.25, -0.2) is 0 Å². The van der Waals surface area contributed by atoms with Gasteiger partial charge in [-0.1, -0.05) is 31.5 Å². The van der Waals surface area contributed by atoms with E-state index in [2.05, 4.69) is 12.2 Å². The van der Waals surface area contributed by atoms with Crippen LogP contribution in [0.1, 0.15) is 26.2 Å². The molecule has 0 bridgehead atoms. The average Bonchev–Trinajstić information content (AvgIpc) is 2.42. The summed E-state index contributed by atoms with van der Waals surface area (Å²) in [6.45, 7) is 6.51. The van der Waals surface area contributed by atoms with Crippen molar-refractivity contribution >= 4 is 0 Å². The third kappa shape index (κ3) is 8.09. The molecule has 0 radical (unpaired) electrons. The van der Waals surface area contributed by atoms with Gasteiger partial charge in [0.1, 0.15) is 12.4 Å². The van der Waals surface area contributed by atoms with E-state index in [0.29, 0.717) is 6.61 Å². The minimum absolute atomic E-state index is 0.709. The molecule has 0 saturated heterocycles. The van der Waals surface area contributed by atoms with Gasteiger partial charge in [-0.05, 0) is 31.5 Å². The first-order valence-corrected chi connectivity index (χ1v) is 6.90. The van der Waals surface area contributed by atoms with Gasteiger partial charge in [-0.3, -0.25) is 0 Å². The molecule has 0 aliphatic carbocycles. The SMILES string of the molecule is CCCCOCCCNCCOc1ccccc1. The molecule has 0 amide bonds. The van der Waals surface area contributed by atoms with E-state index in [4.69, 9.17) is 9.47 Å². The van der Waals surface area contributed by atoms with Gasteiger partial charge in [0, 0.05) is 19.8 Å². The quantitative estimate of drug-likeness (QED) is 0.613. The molecule has 0 unspecified atom stereocenters. The fraction of sp³-hybridized carbons (Fsp3) is 0.600. The predicted molar refractivity (Wildman–Crippen MR) is 75.2 cm³/mol. The second kappa shape index (κ2) is 11.1. The van der Waals surface area contributed by atoms with E-state index in [-0.39, 0.29) is 0 Å². The van der Waals surface area contributed by atoms with Crippen LogP contribution in [0.2, 0.25) is 0 Å². The van der Waals surface area contributed by atoms with Crippen molar-refractivity contribution in [2.75, 3.05) is 32.9 Å². The number of nitrogens with one attached hydrogen (secondary N) is 1. The second-order valence-corrected chi connectivity index (χ2v) is 4.23. The fourth-order valence-electron chi connectivity index (χ4n) is 1.53. The van der Waals surface area contributed by atoms with Gasteiger partial charge in [0.15, 0.2) is 0 Å². The highest BCUT2D eigenvalue weighted by atomic mass is 16.5. The summed E-state index contributed by atoms with van der Waals surface area (Å²) >= 11 is 0. The maximum absolute atomic E-state index is 5.57. The van der Waals surface area contributed by atoms with Crippen LogP contribution in [0.4, 0.5) is 0 Å². The lowest BCUT2D eigenvalue weighted by Crippen LogP contribution is -2.23. The van der Waals surface area contributed by atoms with Crippen LogP contribution in [0.5, 0.6) is 5.75 Å². The number of benzene rings is 1. The van der Waals surface area contributed by atoms with Crippen LogP contribution >= 0.6 is 0 Å². The highest BCUT2D eigenvalue weighted by Gasteiger charge is 1.92. The molecule has 0 saturated carbocycles. The Kier molecular flexibility index (Phi) is 9.21. The van der Waals surface area contributed by atoms with Gasteiger partial charge in [0.2, 0.25) is 0 Å². The molecule has 0 aliphatic heterocycles. The van der Waals surface area contributed by atoms with Crippen LogP contribution < -0.4 is 10.1 Å². The molecule has 18 heavy (non-hydrogen) atoms. The largest absolute Gasteiger partial charge is 0.492 e. The van der Waals surface area contributed by atoms with Crippen LogP contribution in [-0.4, -0.2) is 32.9 Å². The first-order valence-electron chi connectivity index (χ1n) is 6.90. The zero-order chi connectivity index (χ0) is 12.9. The van der Waals surface area contributed by atoms with Gasteiger partial charge in [-0.2, -0.15) is 0 Å². The Balaban J connectivity index is 1.82. The zero-order valence-electron chi connectivity index (χ0n) is 11.4. The van der Waals surface area contributed by atoms with Crippen molar-refractivity contribution in [3.8, 4) is 5.75 Å². The van der Waals surface area contributed by atoms with Crippen molar-refractivity contribution in [3.05, 3.63) is 30.3 Å². The molecule has 102 valence electrons. The summed E-state index contributed by atoms with van der Waals surface area (Å²) in [7, 11) is 0. The van der Waals surface area contributed by atoms with Gasteiger partial charge in [0.05, 0.1) is 0 Å². The van der Waals surface area contributed by atoms with Crippen LogP contribution in [-0.2, 0) is 4.74 Å². The van der Waals surface area contributed by atoms with Gasteiger partial charge >= 0.3 is 0 Å². The number of para-hydroxylation sites is 1. The summed E-state index contributed by atoms with van der Waals surface area (Å²) in [5.41, 5.74) is 0. The first-order chi connectivity index (χ1) is 8.93. The van der Waals surface area contributed by atoms with Crippen LogP contribution in [0, 0.1) is 0 Å². The molecule has 0 aromatic heterocycles. The number of unbranched alkanes of at least 4 members (excludes halogenated alkanes) is 1. The summed E-state index contributed by atoms with van der Waals surface area (Å²) in [6, 6.07) is 9.90.